The van der Waals surface area contributed by atoms with E-state index in [2.05, 4.69) is 19.9 Å². The molecule has 0 rings (SSSR count). The van der Waals surface area contributed by atoms with E-state index in [1.54, 1.807) is 0 Å². The van der Waals surface area contributed by atoms with Crippen LogP contribution in [0.15, 0.2) is 11.6 Å². The Balaban J connectivity index is 3.91. The molecule has 1 atom stereocenters. The fourth-order valence-electron chi connectivity index (χ4n) is 1.14. The average Bonchev–Trinajstić information content (AvgIpc) is 2.01. The molecule has 0 saturated carbocycles. The normalized spacial score (nSPS) is 14.6. The van der Waals surface area contributed by atoms with Crippen LogP contribution in [0, 0.1) is 5.92 Å². The van der Waals surface area contributed by atoms with Crippen LogP contribution in [0.2, 0.25) is 0 Å². The van der Waals surface area contributed by atoms with Gasteiger partial charge in [-0.1, -0.05) is 33.3 Å². The van der Waals surface area contributed by atoms with Gasteiger partial charge in [0, 0.05) is 0 Å². The van der Waals surface area contributed by atoms with Crippen LogP contribution in [-0.2, 0) is 4.79 Å². The van der Waals surface area contributed by atoms with Gasteiger partial charge in [-0.25, -0.2) is 0 Å². The molecule has 0 heterocycles. The predicted octanol–water partition coefficient (Wildman–Crippen LogP) is 2.96. The van der Waals surface area contributed by atoms with Crippen LogP contribution >= 0.6 is 0 Å². The van der Waals surface area contributed by atoms with E-state index in [1.165, 1.54) is 12.8 Å². The van der Waals surface area contributed by atoms with Crippen LogP contribution in [0.3, 0.4) is 0 Å². The molecule has 64 valence electrons. The van der Waals surface area contributed by atoms with Crippen molar-refractivity contribution in [3.05, 3.63) is 11.6 Å². The highest BCUT2D eigenvalue weighted by atomic mass is 16.1. The van der Waals surface area contributed by atoms with E-state index in [1.807, 2.05) is 6.92 Å². The molecule has 0 N–H and O–H groups in total. The zero-order valence-corrected chi connectivity index (χ0v) is 7.76. The second-order valence-electron chi connectivity index (χ2n) is 2.98. The summed E-state index contributed by atoms with van der Waals surface area (Å²) >= 11 is 0. The Morgan fingerprint density at radius 3 is 2.45 bits per heavy atom. The standard InChI is InChI=1S/C10H18O/c1-4-6-9(3)7-10(5-2)8-11/h7-9H,4-6H2,1-3H3. The summed E-state index contributed by atoms with van der Waals surface area (Å²) in [4.78, 5) is 10.4. The molecular formula is C10H18O. The maximum Gasteiger partial charge on any atom is 0.145 e. The van der Waals surface area contributed by atoms with E-state index in [-0.39, 0.29) is 0 Å². The summed E-state index contributed by atoms with van der Waals surface area (Å²) in [7, 11) is 0. The number of aldehydes is 1. The van der Waals surface area contributed by atoms with Crippen LogP contribution in [0.25, 0.3) is 0 Å². The minimum absolute atomic E-state index is 0.556. The highest BCUT2D eigenvalue weighted by Gasteiger charge is 1.97. The molecule has 0 aromatic heterocycles. The van der Waals surface area contributed by atoms with Crippen molar-refractivity contribution < 1.29 is 4.79 Å². The quantitative estimate of drug-likeness (QED) is 0.439. The summed E-state index contributed by atoms with van der Waals surface area (Å²) in [6, 6.07) is 0. The maximum atomic E-state index is 10.4. The zero-order valence-electron chi connectivity index (χ0n) is 7.76. The largest absolute Gasteiger partial charge is 0.298 e. The average molecular weight is 154 g/mol. The van der Waals surface area contributed by atoms with Gasteiger partial charge < -0.3 is 0 Å². The second-order valence-corrected chi connectivity index (χ2v) is 2.98. The van der Waals surface area contributed by atoms with Crippen molar-refractivity contribution in [1.29, 1.82) is 0 Å². The molecule has 0 spiro atoms. The van der Waals surface area contributed by atoms with Crippen molar-refractivity contribution in [1.82, 2.24) is 0 Å². The fraction of sp³-hybridized carbons (Fsp3) is 0.700. The first-order valence-corrected chi connectivity index (χ1v) is 4.40. The number of rotatable bonds is 5. The van der Waals surface area contributed by atoms with Crippen LogP contribution in [0.1, 0.15) is 40.0 Å². The Bertz CT molecular complexity index is 136. The lowest BCUT2D eigenvalue weighted by Gasteiger charge is -2.03. The minimum Gasteiger partial charge on any atom is -0.298 e. The molecule has 0 amide bonds. The van der Waals surface area contributed by atoms with Gasteiger partial charge in [0.25, 0.3) is 0 Å². The SMILES string of the molecule is CCCC(C)C=C(C=O)CC. The lowest BCUT2D eigenvalue weighted by Crippen LogP contribution is -1.92. The first-order chi connectivity index (χ1) is 5.24. The van der Waals surface area contributed by atoms with Crippen molar-refractivity contribution in [3.8, 4) is 0 Å². The summed E-state index contributed by atoms with van der Waals surface area (Å²) in [5, 5.41) is 0. The van der Waals surface area contributed by atoms with Crippen LogP contribution < -0.4 is 0 Å². The van der Waals surface area contributed by atoms with E-state index in [0.717, 1.165) is 18.3 Å². The predicted molar refractivity (Wildman–Crippen MR) is 48.5 cm³/mol. The summed E-state index contributed by atoms with van der Waals surface area (Å²) < 4.78 is 0. The van der Waals surface area contributed by atoms with Crippen molar-refractivity contribution in [3.63, 3.8) is 0 Å². The Morgan fingerprint density at radius 1 is 1.45 bits per heavy atom. The Morgan fingerprint density at radius 2 is 2.09 bits per heavy atom. The summed E-state index contributed by atoms with van der Waals surface area (Å²) in [6.45, 7) is 6.33. The smallest absolute Gasteiger partial charge is 0.145 e. The van der Waals surface area contributed by atoms with E-state index in [0.29, 0.717) is 5.92 Å². The Hall–Kier alpha value is -0.590. The topological polar surface area (TPSA) is 17.1 Å². The van der Waals surface area contributed by atoms with Gasteiger partial charge >= 0.3 is 0 Å². The molecule has 0 aromatic carbocycles. The molecule has 0 aromatic rings. The molecule has 1 heteroatoms. The van der Waals surface area contributed by atoms with Gasteiger partial charge in [0.2, 0.25) is 0 Å². The molecule has 1 nitrogen and oxygen atoms in total. The van der Waals surface area contributed by atoms with Crippen molar-refractivity contribution >= 4 is 6.29 Å². The van der Waals surface area contributed by atoms with Gasteiger partial charge in [0.05, 0.1) is 0 Å². The first-order valence-electron chi connectivity index (χ1n) is 4.40. The molecule has 0 fully saturated rings. The summed E-state index contributed by atoms with van der Waals surface area (Å²) in [5.74, 6) is 0.556. The van der Waals surface area contributed by atoms with Gasteiger partial charge in [-0.3, -0.25) is 4.79 Å². The van der Waals surface area contributed by atoms with E-state index in [9.17, 15) is 4.79 Å². The number of hydrogen-bond acceptors (Lipinski definition) is 1. The highest BCUT2D eigenvalue weighted by molar-refractivity contribution is 5.72. The van der Waals surface area contributed by atoms with Crippen molar-refractivity contribution in [2.24, 2.45) is 5.92 Å². The lowest BCUT2D eigenvalue weighted by molar-refractivity contribution is -0.105. The van der Waals surface area contributed by atoms with Crippen molar-refractivity contribution in [2.45, 2.75) is 40.0 Å². The fourth-order valence-corrected chi connectivity index (χ4v) is 1.14. The number of hydrogen-bond donors (Lipinski definition) is 0. The van der Waals surface area contributed by atoms with Gasteiger partial charge in [0.15, 0.2) is 0 Å². The second kappa shape index (κ2) is 6.14. The third-order valence-corrected chi connectivity index (χ3v) is 1.80. The first kappa shape index (κ1) is 10.4. The summed E-state index contributed by atoms with van der Waals surface area (Å²) in [5.41, 5.74) is 0.936. The molecular weight excluding hydrogens is 136 g/mol. The number of carbonyl (C=O) groups excluding carboxylic acids is 1. The molecule has 0 bridgehead atoms. The van der Waals surface area contributed by atoms with Gasteiger partial charge in [-0.2, -0.15) is 0 Å². The number of carbonyl (C=O) groups is 1. The van der Waals surface area contributed by atoms with Gasteiger partial charge in [-0.15, -0.1) is 0 Å². The summed E-state index contributed by atoms with van der Waals surface area (Å²) in [6.07, 6.45) is 6.27. The minimum atomic E-state index is 0.556. The molecule has 0 radical (unpaired) electrons. The maximum absolute atomic E-state index is 10.4. The van der Waals surface area contributed by atoms with Crippen molar-refractivity contribution in [2.75, 3.05) is 0 Å². The molecule has 0 aliphatic heterocycles. The highest BCUT2D eigenvalue weighted by Crippen LogP contribution is 2.10. The molecule has 0 aliphatic rings. The molecule has 1 unspecified atom stereocenters. The molecule has 11 heavy (non-hydrogen) atoms. The van der Waals surface area contributed by atoms with Gasteiger partial charge in [-0.05, 0) is 24.3 Å². The third-order valence-electron chi connectivity index (χ3n) is 1.80. The monoisotopic (exact) mass is 154 g/mol. The lowest BCUT2D eigenvalue weighted by atomic mass is 10.0. The molecule has 0 saturated heterocycles. The van der Waals surface area contributed by atoms with E-state index < -0.39 is 0 Å². The van der Waals surface area contributed by atoms with Crippen LogP contribution in [-0.4, -0.2) is 6.29 Å². The van der Waals surface area contributed by atoms with E-state index >= 15 is 0 Å². The van der Waals surface area contributed by atoms with Crippen LogP contribution in [0.5, 0.6) is 0 Å². The Kier molecular flexibility index (Phi) is 5.81. The van der Waals surface area contributed by atoms with Gasteiger partial charge in [0.1, 0.15) is 6.29 Å². The molecule has 0 aliphatic carbocycles. The van der Waals surface area contributed by atoms with Crippen LogP contribution in [0.4, 0.5) is 0 Å². The third kappa shape index (κ3) is 4.77. The number of allylic oxidation sites excluding steroid dienone is 2. The Labute approximate surface area is 69.5 Å². The zero-order chi connectivity index (χ0) is 8.69. The van der Waals surface area contributed by atoms with E-state index in [4.69, 9.17) is 0 Å².